The minimum Gasteiger partial charge on any atom is -0.455 e. The monoisotopic (exact) mass is 337 g/mol. The Kier molecular flexibility index (Phi) is 4.41. The van der Waals surface area contributed by atoms with Crippen molar-refractivity contribution < 1.29 is 14.3 Å². The van der Waals surface area contributed by atoms with E-state index in [1.165, 1.54) is 4.90 Å². The molecule has 0 saturated heterocycles. The van der Waals surface area contributed by atoms with Crippen LogP contribution in [0.4, 0.5) is 11.4 Å². The van der Waals surface area contributed by atoms with Gasteiger partial charge in [-0.05, 0) is 30.3 Å². The van der Waals surface area contributed by atoms with Crippen molar-refractivity contribution in [1.29, 1.82) is 0 Å². The van der Waals surface area contributed by atoms with Crippen LogP contribution in [0.25, 0.3) is 0 Å². The quantitative estimate of drug-likeness (QED) is 0.764. The molecule has 0 spiro atoms. The number of para-hydroxylation sites is 2. The predicted octanol–water partition coefficient (Wildman–Crippen LogP) is 4.36. The maximum atomic E-state index is 12.6. The van der Waals surface area contributed by atoms with Crippen LogP contribution >= 0.6 is 23.2 Å². The fraction of sp³-hybridized carbons (Fsp3) is 0.188. The van der Waals surface area contributed by atoms with Crippen molar-refractivity contribution in [2.24, 2.45) is 0 Å². The molecule has 0 atom stereocenters. The normalized spacial score (nSPS) is 13.1. The maximum Gasteiger partial charge on any atom is 0.232 e. The molecule has 3 rings (SSSR count). The van der Waals surface area contributed by atoms with Crippen LogP contribution in [-0.4, -0.2) is 18.6 Å². The molecular formula is C16H13Cl2NO3. The number of carbonyl (C=O) groups excluding carboxylic acids is 1. The van der Waals surface area contributed by atoms with Crippen molar-refractivity contribution in [2.75, 3.05) is 17.6 Å². The molecule has 2 aromatic carbocycles. The lowest BCUT2D eigenvalue weighted by Crippen LogP contribution is -2.28. The molecule has 0 N–H and O–H groups in total. The summed E-state index contributed by atoms with van der Waals surface area (Å²) >= 11 is 11.8. The number of benzene rings is 2. The fourth-order valence-corrected chi connectivity index (χ4v) is 2.63. The smallest absolute Gasteiger partial charge is 0.232 e. The molecular weight excluding hydrogens is 325 g/mol. The van der Waals surface area contributed by atoms with Crippen LogP contribution in [0.15, 0.2) is 42.5 Å². The molecule has 0 bridgehead atoms. The molecule has 6 heteroatoms. The van der Waals surface area contributed by atoms with Crippen molar-refractivity contribution in [1.82, 2.24) is 0 Å². The van der Waals surface area contributed by atoms with Crippen LogP contribution in [0.5, 0.6) is 11.5 Å². The number of rotatable bonds is 2. The van der Waals surface area contributed by atoms with Gasteiger partial charge in [0.05, 0.1) is 11.4 Å². The minimum atomic E-state index is -0.153. The van der Waals surface area contributed by atoms with E-state index >= 15 is 0 Å². The third kappa shape index (κ3) is 2.85. The van der Waals surface area contributed by atoms with Gasteiger partial charge < -0.3 is 9.47 Å². The standard InChI is InChI=1S/C16H13Cl2NO3/c17-8-7-16(20)19-12-3-1-2-4-14(12)21-10-22-15-6-5-11(18)9-13(15)19/h1-6,9H,7-8,10H2. The number of hydrogen-bond acceptors (Lipinski definition) is 3. The number of fused-ring (bicyclic) bond motifs is 2. The molecule has 4 nitrogen and oxygen atoms in total. The second kappa shape index (κ2) is 6.46. The average molecular weight is 338 g/mol. The summed E-state index contributed by atoms with van der Waals surface area (Å²) in [6, 6.07) is 12.4. The van der Waals surface area contributed by atoms with Crippen molar-refractivity contribution in [2.45, 2.75) is 6.42 Å². The Bertz CT molecular complexity index is 706. The number of nitrogens with zero attached hydrogens (tertiary/aromatic N) is 1. The number of halogens is 2. The zero-order chi connectivity index (χ0) is 15.5. The van der Waals surface area contributed by atoms with E-state index in [-0.39, 0.29) is 25.0 Å². The van der Waals surface area contributed by atoms with Gasteiger partial charge in [0.1, 0.15) is 11.5 Å². The first-order valence-electron chi connectivity index (χ1n) is 6.74. The molecule has 0 aliphatic carbocycles. The molecule has 1 amide bonds. The molecule has 22 heavy (non-hydrogen) atoms. The van der Waals surface area contributed by atoms with E-state index in [9.17, 15) is 4.79 Å². The number of carbonyl (C=O) groups is 1. The molecule has 114 valence electrons. The topological polar surface area (TPSA) is 38.8 Å². The molecule has 0 radical (unpaired) electrons. The van der Waals surface area contributed by atoms with Gasteiger partial charge in [-0.25, -0.2) is 0 Å². The van der Waals surface area contributed by atoms with E-state index in [0.29, 0.717) is 27.9 Å². The SMILES string of the molecule is O=C(CCCl)N1c2ccccc2OCOc2ccc(Cl)cc21. The number of hydrogen-bond donors (Lipinski definition) is 0. The third-order valence-corrected chi connectivity index (χ3v) is 3.68. The zero-order valence-electron chi connectivity index (χ0n) is 11.6. The van der Waals surface area contributed by atoms with Crippen molar-refractivity contribution in [3.8, 4) is 11.5 Å². The Morgan fingerprint density at radius 3 is 2.59 bits per heavy atom. The summed E-state index contributed by atoms with van der Waals surface area (Å²) < 4.78 is 11.2. The van der Waals surface area contributed by atoms with Gasteiger partial charge in [-0.3, -0.25) is 9.69 Å². The molecule has 2 aromatic rings. The van der Waals surface area contributed by atoms with Gasteiger partial charge in [-0.15, -0.1) is 11.6 Å². The van der Waals surface area contributed by atoms with Crippen molar-refractivity contribution in [3.63, 3.8) is 0 Å². The summed E-state index contributed by atoms with van der Waals surface area (Å²) in [6.07, 6.45) is 0.196. The Morgan fingerprint density at radius 1 is 1.09 bits per heavy atom. The number of alkyl halides is 1. The fourth-order valence-electron chi connectivity index (χ4n) is 2.30. The van der Waals surface area contributed by atoms with Gasteiger partial charge in [0.25, 0.3) is 0 Å². The van der Waals surface area contributed by atoms with Gasteiger partial charge in [0, 0.05) is 17.3 Å². The van der Waals surface area contributed by atoms with Gasteiger partial charge in [-0.1, -0.05) is 23.7 Å². The van der Waals surface area contributed by atoms with Crippen LogP contribution < -0.4 is 14.4 Å². The van der Waals surface area contributed by atoms with Crippen LogP contribution in [-0.2, 0) is 4.79 Å². The van der Waals surface area contributed by atoms with Crippen LogP contribution in [0.1, 0.15) is 6.42 Å². The summed E-state index contributed by atoms with van der Waals surface area (Å²) in [4.78, 5) is 14.1. The molecule has 1 aliphatic heterocycles. The Hall–Kier alpha value is -1.91. The first kappa shape index (κ1) is 15.0. The highest BCUT2D eigenvalue weighted by molar-refractivity contribution is 6.31. The highest BCUT2D eigenvalue weighted by Crippen LogP contribution is 2.41. The summed E-state index contributed by atoms with van der Waals surface area (Å²) in [5.74, 6) is 1.17. The van der Waals surface area contributed by atoms with E-state index in [2.05, 4.69) is 0 Å². The predicted molar refractivity (Wildman–Crippen MR) is 86.5 cm³/mol. The minimum absolute atomic E-state index is 0.0587. The summed E-state index contributed by atoms with van der Waals surface area (Å²) in [5, 5.41) is 0.519. The van der Waals surface area contributed by atoms with E-state index in [0.717, 1.165) is 0 Å². The lowest BCUT2D eigenvalue weighted by molar-refractivity contribution is -0.117. The second-order valence-electron chi connectivity index (χ2n) is 4.65. The largest absolute Gasteiger partial charge is 0.455 e. The van der Waals surface area contributed by atoms with E-state index in [1.807, 2.05) is 18.2 Å². The molecule has 1 heterocycles. The van der Waals surface area contributed by atoms with Gasteiger partial charge in [0.15, 0.2) is 0 Å². The number of amides is 1. The van der Waals surface area contributed by atoms with Crippen LogP contribution in [0.3, 0.4) is 0 Å². The first-order chi connectivity index (χ1) is 10.7. The average Bonchev–Trinajstić information content (AvgIpc) is 2.49. The van der Waals surface area contributed by atoms with Crippen LogP contribution in [0.2, 0.25) is 5.02 Å². The van der Waals surface area contributed by atoms with Crippen molar-refractivity contribution in [3.05, 3.63) is 47.5 Å². The van der Waals surface area contributed by atoms with Gasteiger partial charge in [0.2, 0.25) is 12.7 Å². The molecule has 0 fully saturated rings. The zero-order valence-corrected chi connectivity index (χ0v) is 13.1. The lowest BCUT2D eigenvalue weighted by atomic mass is 10.2. The summed E-state index contributed by atoms with van der Waals surface area (Å²) in [5.41, 5.74) is 1.22. The Balaban J connectivity index is 2.19. The first-order valence-corrected chi connectivity index (χ1v) is 7.65. The highest BCUT2D eigenvalue weighted by Gasteiger charge is 2.26. The lowest BCUT2D eigenvalue weighted by Gasteiger charge is -2.29. The Morgan fingerprint density at radius 2 is 1.82 bits per heavy atom. The molecule has 0 saturated carbocycles. The molecule has 1 aliphatic rings. The molecule has 0 unspecified atom stereocenters. The van der Waals surface area contributed by atoms with E-state index < -0.39 is 0 Å². The van der Waals surface area contributed by atoms with Crippen molar-refractivity contribution >= 4 is 40.5 Å². The number of anilines is 2. The van der Waals surface area contributed by atoms with Crippen LogP contribution in [0, 0.1) is 0 Å². The Labute approximate surface area is 138 Å². The van der Waals surface area contributed by atoms with E-state index in [1.54, 1.807) is 24.3 Å². The van der Waals surface area contributed by atoms with Gasteiger partial charge in [-0.2, -0.15) is 0 Å². The third-order valence-electron chi connectivity index (χ3n) is 3.25. The van der Waals surface area contributed by atoms with E-state index in [4.69, 9.17) is 32.7 Å². The molecule has 0 aromatic heterocycles. The number of ether oxygens (including phenoxy) is 2. The maximum absolute atomic E-state index is 12.6. The van der Waals surface area contributed by atoms with Gasteiger partial charge >= 0.3 is 0 Å². The summed E-state index contributed by atoms with van der Waals surface area (Å²) in [6.45, 7) is 0.0587. The summed E-state index contributed by atoms with van der Waals surface area (Å²) in [7, 11) is 0. The second-order valence-corrected chi connectivity index (χ2v) is 5.47. The highest BCUT2D eigenvalue weighted by atomic mass is 35.5.